The highest BCUT2D eigenvalue weighted by atomic mass is 79.9. The molecule has 1 saturated carbocycles. The Hall–Kier alpha value is -0.540. The molecule has 0 spiro atoms. The predicted octanol–water partition coefficient (Wildman–Crippen LogP) is 2.45. The van der Waals surface area contributed by atoms with E-state index in [-0.39, 0.29) is 0 Å². The lowest BCUT2D eigenvalue weighted by molar-refractivity contribution is 0.302. The lowest BCUT2D eigenvalue weighted by Crippen LogP contribution is -1.99. The molecule has 0 aliphatic heterocycles. The van der Waals surface area contributed by atoms with Crippen LogP contribution in [0, 0.1) is 0 Å². The predicted molar refractivity (Wildman–Crippen MR) is 55.7 cm³/mol. The molecule has 2 N–H and O–H groups in total. The summed E-state index contributed by atoms with van der Waals surface area (Å²) in [7, 11) is 0. The summed E-state index contributed by atoms with van der Waals surface area (Å²) in [6.45, 7) is 0.556. The maximum Gasteiger partial charge on any atom is 0.121 e. The molecule has 0 radical (unpaired) electrons. The second kappa shape index (κ2) is 3.68. The molecule has 70 valence electrons. The normalized spacial score (nSPS) is 15.8. The molecule has 0 heterocycles. The number of hydrogen-bond donors (Lipinski definition) is 1. The molecule has 1 aliphatic carbocycles. The Morgan fingerprint density at radius 2 is 2.15 bits per heavy atom. The second-order valence-corrected chi connectivity index (χ2v) is 4.23. The Kier molecular flexibility index (Phi) is 2.56. The van der Waals surface area contributed by atoms with Crippen LogP contribution < -0.4 is 10.5 Å². The quantitative estimate of drug-likeness (QED) is 0.883. The third kappa shape index (κ3) is 2.45. The third-order valence-corrected chi connectivity index (χ3v) is 2.45. The SMILES string of the molecule is NCc1cc(Br)cc(OC2CC2)c1. The molecular formula is C10H12BrNO. The fourth-order valence-electron chi connectivity index (χ4n) is 1.18. The summed E-state index contributed by atoms with van der Waals surface area (Å²) >= 11 is 3.43. The first-order valence-corrected chi connectivity index (χ1v) is 5.23. The van der Waals surface area contributed by atoms with Gasteiger partial charge in [0.1, 0.15) is 5.75 Å². The summed E-state index contributed by atoms with van der Waals surface area (Å²) in [6, 6.07) is 6.00. The molecule has 13 heavy (non-hydrogen) atoms. The molecule has 1 fully saturated rings. The van der Waals surface area contributed by atoms with Crippen molar-refractivity contribution in [2.45, 2.75) is 25.5 Å². The van der Waals surface area contributed by atoms with Gasteiger partial charge in [0.25, 0.3) is 0 Å². The topological polar surface area (TPSA) is 35.2 Å². The van der Waals surface area contributed by atoms with Crippen LogP contribution in [-0.2, 0) is 6.54 Å². The van der Waals surface area contributed by atoms with Crippen molar-refractivity contribution in [1.29, 1.82) is 0 Å². The van der Waals surface area contributed by atoms with Crippen molar-refractivity contribution in [2.24, 2.45) is 5.73 Å². The zero-order chi connectivity index (χ0) is 9.26. The second-order valence-electron chi connectivity index (χ2n) is 3.32. The van der Waals surface area contributed by atoms with E-state index in [1.807, 2.05) is 18.2 Å². The smallest absolute Gasteiger partial charge is 0.121 e. The van der Waals surface area contributed by atoms with Crippen LogP contribution in [0.3, 0.4) is 0 Å². The van der Waals surface area contributed by atoms with E-state index in [2.05, 4.69) is 15.9 Å². The number of rotatable bonds is 3. The van der Waals surface area contributed by atoms with Gasteiger partial charge in [0, 0.05) is 11.0 Å². The van der Waals surface area contributed by atoms with Crippen molar-refractivity contribution >= 4 is 15.9 Å². The molecule has 1 aromatic rings. The van der Waals surface area contributed by atoms with Crippen LogP contribution in [-0.4, -0.2) is 6.10 Å². The van der Waals surface area contributed by atoms with Crippen molar-refractivity contribution < 1.29 is 4.74 Å². The van der Waals surface area contributed by atoms with Gasteiger partial charge in [-0.25, -0.2) is 0 Å². The van der Waals surface area contributed by atoms with Crippen molar-refractivity contribution in [2.75, 3.05) is 0 Å². The number of benzene rings is 1. The van der Waals surface area contributed by atoms with Gasteiger partial charge >= 0.3 is 0 Å². The van der Waals surface area contributed by atoms with E-state index in [4.69, 9.17) is 10.5 Å². The van der Waals surface area contributed by atoms with E-state index in [0.29, 0.717) is 12.6 Å². The molecule has 0 bridgehead atoms. The average Bonchev–Trinajstić information content (AvgIpc) is 2.87. The summed E-state index contributed by atoms with van der Waals surface area (Å²) in [4.78, 5) is 0. The van der Waals surface area contributed by atoms with Gasteiger partial charge in [-0.15, -0.1) is 0 Å². The molecule has 1 aromatic carbocycles. The van der Waals surface area contributed by atoms with Gasteiger partial charge in [-0.3, -0.25) is 0 Å². The summed E-state index contributed by atoms with van der Waals surface area (Å²) < 4.78 is 6.70. The highest BCUT2D eigenvalue weighted by Crippen LogP contribution is 2.29. The van der Waals surface area contributed by atoms with E-state index < -0.39 is 0 Å². The van der Waals surface area contributed by atoms with E-state index >= 15 is 0 Å². The largest absolute Gasteiger partial charge is 0.490 e. The van der Waals surface area contributed by atoms with Crippen LogP contribution in [0.2, 0.25) is 0 Å². The van der Waals surface area contributed by atoms with Gasteiger partial charge in [0.05, 0.1) is 6.10 Å². The molecule has 0 unspecified atom stereocenters. The Morgan fingerprint density at radius 3 is 2.77 bits per heavy atom. The van der Waals surface area contributed by atoms with Gasteiger partial charge in [-0.1, -0.05) is 15.9 Å². The average molecular weight is 242 g/mol. The molecule has 0 saturated heterocycles. The molecule has 0 aromatic heterocycles. The Labute approximate surface area is 86.2 Å². The lowest BCUT2D eigenvalue weighted by atomic mass is 10.2. The maximum absolute atomic E-state index is 5.66. The van der Waals surface area contributed by atoms with Crippen LogP contribution in [0.1, 0.15) is 18.4 Å². The summed E-state index contributed by atoms with van der Waals surface area (Å²) in [5, 5.41) is 0. The molecular weight excluding hydrogens is 230 g/mol. The highest BCUT2D eigenvalue weighted by molar-refractivity contribution is 9.10. The monoisotopic (exact) mass is 241 g/mol. The van der Waals surface area contributed by atoms with Crippen molar-refractivity contribution in [1.82, 2.24) is 0 Å². The van der Waals surface area contributed by atoms with Crippen LogP contribution in [0.25, 0.3) is 0 Å². The molecule has 0 amide bonds. The fourth-order valence-corrected chi connectivity index (χ4v) is 1.70. The van der Waals surface area contributed by atoms with Gasteiger partial charge < -0.3 is 10.5 Å². The first kappa shape index (κ1) is 9.03. The van der Waals surface area contributed by atoms with Gasteiger partial charge in [0.15, 0.2) is 0 Å². The molecule has 1 aliphatic rings. The van der Waals surface area contributed by atoms with Gasteiger partial charge in [-0.05, 0) is 36.6 Å². The van der Waals surface area contributed by atoms with Gasteiger partial charge in [0.2, 0.25) is 0 Å². The van der Waals surface area contributed by atoms with Crippen molar-refractivity contribution in [3.8, 4) is 5.75 Å². The first-order valence-electron chi connectivity index (χ1n) is 4.44. The molecule has 2 rings (SSSR count). The Bertz CT molecular complexity index is 310. The van der Waals surface area contributed by atoms with E-state index in [1.165, 1.54) is 12.8 Å². The van der Waals surface area contributed by atoms with Crippen LogP contribution >= 0.6 is 15.9 Å². The number of nitrogens with two attached hydrogens (primary N) is 1. The van der Waals surface area contributed by atoms with E-state index in [9.17, 15) is 0 Å². The minimum absolute atomic E-state index is 0.444. The van der Waals surface area contributed by atoms with E-state index in [1.54, 1.807) is 0 Å². The van der Waals surface area contributed by atoms with Crippen LogP contribution in [0.5, 0.6) is 5.75 Å². The fraction of sp³-hybridized carbons (Fsp3) is 0.400. The van der Waals surface area contributed by atoms with Crippen LogP contribution in [0.4, 0.5) is 0 Å². The first-order chi connectivity index (χ1) is 6.28. The maximum atomic E-state index is 5.66. The summed E-state index contributed by atoms with van der Waals surface area (Å²) in [6.07, 6.45) is 2.81. The van der Waals surface area contributed by atoms with E-state index in [0.717, 1.165) is 15.8 Å². The van der Waals surface area contributed by atoms with Crippen molar-refractivity contribution in [3.05, 3.63) is 28.2 Å². The Balaban J connectivity index is 2.17. The zero-order valence-electron chi connectivity index (χ0n) is 7.29. The number of halogens is 1. The molecule has 2 nitrogen and oxygen atoms in total. The summed E-state index contributed by atoms with van der Waals surface area (Å²) in [5.74, 6) is 0.928. The molecule has 0 atom stereocenters. The van der Waals surface area contributed by atoms with Crippen LogP contribution in [0.15, 0.2) is 22.7 Å². The molecule has 3 heteroatoms. The Morgan fingerprint density at radius 1 is 1.38 bits per heavy atom. The minimum atomic E-state index is 0.444. The minimum Gasteiger partial charge on any atom is -0.490 e. The summed E-state index contributed by atoms with van der Waals surface area (Å²) in [5.41, 5.74) is 6.66. The lowest BCUT2D eigenvalue weighted by Gasteiger charge is -2.06. The third-order valence-electron chi connectivity index (χ3n) is 1.99. The standard InChI is InChI=1S/C10H12BrNO/c11-8-3-7(6-12)4-10(5-8)13-9-1-2-9/h3-5,9H,1-2,6,12H2. The number of ether oxygens (including phenoxy) is 1. The number of hydrogen-bond acceptors (Lipinski definition) is 2. The highest BCUT2D eigenvalue weighted by Gasteiger charge is 2.23. The van der Waals surface area contributed by atoms with Crippen molar-refractivity contribution in [3.63, 3.8) is 0 Å². The van der Waals surface area contributed by atoms with Gasteiger partial charge in [-0.2, -0.15) is 0 Å². The zero-order valence-corrected chi connectivity index (χ0v) is 8.88.